The second-order valence-electron chi connectivity index (χ2n) is 6.61. The minimum Gasteiger partial charge on any atom is -0.449 e. The van der Waals surface area contributed by atoms with E-state index in [1.807, 2.05) is 31.2 Å². The monoisotopic (exact) mass is 385 g/mol. The Labute approximate surface area is 163 Å². The van der Waals surface area contributed by atoms with Crippen LogP contribution in [0.2, 0.25) is 0 Å². The highest BCUT2D eigenvalue weighted by atomic mass is 16.6. The second-order valence-corrected chi connectivity index (χ2v) is 6.61. The second kappa shape index (κ2) is 8.98. The summed E-state index contributed by atoms with van der Waals surface area (Å²) in [7, 11) is 3.33. The molecule has 0 aliphatic carbocycles. The highest BCUT2D eigenvalue weighted by Gasteiger charge is 2.22. The molecule has 8 heteroatoms. The molecule has 0 heterocycles. The molecule has 2 aromatic carbocycles. The Balaban J connectivity index is 2.01. The van der Waals surface area contributed by atoms with E-state index in [1.54, 1.807) is 19.0 Å². The van der Waals surface area contributed by atoms with Crippen molar-refractivity contribution in [3.8, 4) is 0 Å². The molecule has 0 aromatic heterocycles. The lowest BCUT2D eigenvalue weighted by Crippen LogP contribution is -2.35. The molecule has 28 heavy (non-hydrogen) atoms. The summed E-state index contributed by atoms with van der Waals surface area (Å²) >= 11 is 0. The van der Waals surface area contributed by atoms with Crippen LogP contribution in [0.4, 0.5) is 11.4 Å². The van der Waals surface area contributed by atoms with Crippen LogP contribution < -0.4 is 10.2 Å². The molecule has 8 nitrogen and oxygen atoms in total. The van der Waals surface area contributed by atoms with E-state index in [2.05, 4.69) is 5.32 Å². The van der Waals surface area contributed by atoms with Crippen LogP contribution in [0.25, 0.3) is 0 Å². The largest absolute Gasteiger partial charge is 0.449 e. The number of benzene rings is 2. The molecule has 1 amide bonds. The van der Waals surface area contributed by atoms with Crippen molar-refractivity contribution in [1.29, 1.82) is 0 Å². The van der Waals surface area contributed by atoms with Crippen molar-refractivity contribution < 1.29 is 19.2 Å². The summed E-state index contributed by atoms with van der Waals surface area (Å²) in [5.74, 6) is -1.25. The molecular weight excluding hydrogens is 362 g/mol. The lowest BCUT2D eigenvalue weighted by molar-refractivity contribution is -0.384. The molecular formula is C20H23N3O5. The number of hydrogen-bond donors (Lipinski definition) is 1. The van der Waals surface area contributed by atoms with E-state index in [4.69, 9.17) is 4.74 Å². The van der Waals surface area contributed by atoms with E-state index >= 15 is 0 Å². The van der Waals surface area contributed by atoms with Gasteiger partial charge in [-0.2, -0.15) is 0 Å². The average Bonchev–Trinajstić information content (AvgIpc) is 2.66. The topological polar surface area (TPSA) is 102 Å². The van der Waals surface area contributed by atoms with Gasteiger partial charge in [-0.3, -0.25) is 14.9 Å². The first-order valence-electron chi connectivity index (χ1n) is 8.69. The average molecular weight is 385 g/mol. The maximum Gasteiger partial charge on any atom is 0.339 e. The van der Waals surface area contributed by atoms with Crippen molar-refractivity contribution in [1.82, 2.24) is 5.32 Å². The third-order valence-corrected chi connectivity index (χ3v) is 4.13. The summed E-state index contributed by atoms with van der Waals surface area (Å²) in [6, 6.07) is 11.7. The number of rotatable bonds is 7. The minimum atomic E-state index is -1.04. The van der Waals surface area contributed by atoms with E-state index in [-0.39, 0.29) is 11.3 Å². The lowest BCUT2D eigenvalue weighted by atomic mass is 10.1. The van der Waals surface area contributed by atoms with Crippen molar-refractivity contribution in [2.24, 2.45) is 0 Å². The van der Waals surface area contributed by atoms with Crippen LogP contribution in [-0.4, -0.2) is 37.0 Å². The quantitative estimate of drug-likeness (QED) is 0.447. The highest BCUT2D eigenvalue weighted by molar-refractivity contribution is 5.93. The van der Waals surface area contributed by atoms with Crippen LogP contribution in [-0.2, 0) is 16.1 Å². The van der Waals surface area contributed by atoms with Gasteiger partial charge in [0.1, 0.15) is 5.69 Å². The van der Waals surface area contributed by atoms with E-state index in [9.17, 15) is 19.7 Å². The fraction of sp³-hybridized carbons (Fsp3) is 0.300. The first kappa shape index (κ1) is 20.9. The molecule has 1 N–H and O–H groups in total. The summed E-state index contributed by atoms with van der Waals surface area (Å²) in [5.41, 5.74) is 2.20. The molecule has 0 aliphatic heterocycles. The molecule has 2 rings (SSSR count). The molecule has 0 unspecified atom stereocenters. The third kappa shape index (κ3) is 5.29. The van der Waals surface area contributed by atoms with Gasteiger partial charge in [-0.25, -0.2) is 4.79 Å². The number of nitrogens with zero attached hydrogens (tertiary/aromatic N) is 2. The number of nitro groups is 1. The molecule has 0 aliphatic rings. The Hall–Kier alpha value is -3.42. The molecule has 0 bridgehead atoms. The zero-order valence-electron chi connectivity index (χ0n) is 16.3. The highest BCUT2D eigenvalue weighted by Crippen LogP contribution is 2.28. The summed E-state index contributed by atoms with van der Waals surface area (Å²) < 4.78 is 5.15. The molecule has 148 valence electrons. The maximum absolute atomic E-state index is 12.3. The van der Waals surface area contributed by atoms with Gasteiger partial charge in [0.15, 0.2) is 6.10 Å². The maximum atomic E-state index is 12.3. The number of carbonyl (C=O) groups excluding carboxylic acids is 2. The molecule has 0 spiro atoms. The standard InChI is InChI=1S/C20H23N3O5/c1-13-5-7-15(8-6-13)12-21-19(24)14(2)28-20(25)16-9-10-17(22(3)4)18(11-16)23(26)27/h5-11,14H,12H2,1-4H3,(H,21,24)/t14-/m1/s1. The predicted octanol–water partition coefficient (Wildman–Crippen LogP) is 2.83. The molecule has 2 aromatic rings. The van der Waals surface area contributed by atoms with Crippen LogP contribution in [0.15, 0.2) is 42.5 Å². The number of nitro benzene ring substituents is 1. The van der Waals surface area contributed by atoms with E-state index < -0.39 is 22.9 Å². The number of nitrogens with one attached hydrogen (secondary N) is 1. The Bertz CT molecular complexity index is 878. The van der Waals surface area contributed by atoms with Gasteiger partial charge in [-0.1, -0.05) is 29.8 Å². The van der Waals surface area contributed by atoms with Gasteiger partial charge in [-0.15, -0.1) is 0 Å². The SMILES string of the molecule is Cc1ccc(CNC(=O)[C@@H](C)OC(=O)c2ccc(N(C)C)c([N+](=O)[O-])c2)cc1. The van der Waals surface area contributed by atoms with Gasteiger partial charge in [0, 0.05) is 26.7 Å². The van der Waals surface area contributed by atoms with Crippen LogP contribution in [0, 0.1) is 17.0 Å². The van der Waals surface area contributed by atoms with Gasteiger partial charge >= 0.3 is 5.97 Å². The van der Waals surface area contributed by atoms with E-state index in [0.29, 0.717) is 12.2 Å². The van der Waals surface area contributed by atoms with Gasteiger partial charge in [0.05, 0.1) is 10.5 Å². The van der Waals surface area contributed by atoms with Crippen molar-refractivity contribution in [2.45, 2.75) is 26.5 Å². The fourth-order valence-corrected chi connectivity index (χ4v) is 2.50. The van der Waals surface area contributed by atoms with Crippen molar-refractivity contribution >= 4 is 23.3 Å². The van der Waals surface area contributed by atoms with Crippen molar-refractivity contribution in [3.05, 3.63) is 69.3 Å². The van der Waals surface area contributed by atoms with Crippen LogP contribution in [0.1, 0.15) is 28.4 Å². The van der Waals surface area contributed by atoms with Gasteiger partial charge in [0.2, 0.25) is 0 Å². The van der Waals surface area contributed by atoms with Crippen LogP contribution >= 0.6 is 0 Å². The number of ether oxygens (including phenoxy) is 1. The van der Waals surface area contributed by atoms with E-state index in [1.165, 1.54) is 19.1 Å². The van der Waals surface area contributed by atoms with Crippen LogP contribution in [0.3, 0.4) is 0 Å². The smallest absolute Gasteiger partial charge is 0.339 e. The number of anilines is 1. The van der Waals surface area contributed by atoms with Crippen molar-refractivity contribution in [2.75, 3.05) is 19.0 Å². The van der Waals surface area contributed by atoms with Crippen LogP contribution in [0.5, 0.6) is 0 Å². The molecule has 0 fully saturated rings. The third-order valence-electron chi connectivity index (χ3n) is 4.13. The number of amides is 1. The Morgan fingerprint density at radius 1 is 1.18 bits per heavy atom. The van der Waals surface area contributed by atoms with Crippen molar-refractivity contribution in [3.63, 3.8) is 0 Å². The summed E-state index contributed by atoms with van der Waals surface area (Å²) in [5, 5.41) is 13.9. The first-order valence-corrected chi connectivity index (χ1v) is 8.69. The minimum absolute atomic E-state index is 0.00971. The van der Waals surface area contributed by atoms with Gasteiger partial charge in [0.25, 0.3) is 11.6 Å². The Morgan fingerprint density at radius 2 is 1.82 bits per heavy atom. The summed E-state index contributed by atoms with van der Waals surface area (Å²) in [6.45, 7) is 3.73. The van der Waals surface area contributed by atoms with Gasteiger partial charge < -0.3 is 15.0 Å². The predicted molar refractivity (Wildman–Crippen MR) is 105 cm³/mol. The number of esters is 1. The molecule has 0 saturated heterocycles. The lowest BCUT2D eigenvalue weighted by Gasteiger charge is -2.15. The normalized spacial score (nSPS) is 11.4. The fourth-order valence-electron chi connectivity index (χ4n) is 2.50. The number of aryl methyl sites for hydroxylation is 1. The summed E-state index contributed by atoms with van der Waals surface area (Å²) in [6.07, 6.45) is -1.04. The molecule has 1 atom stereocenters. The molecule has 0 saturated carbocycles. The number of hydrogen-bond acceptors (Lipinski definition) is 6. The zero-order chi connectivity index (χ0) is 20.8. The Kier molecular flexibility index (Phi) is 6.70. The van der Waals surface area contributed by atoms with E-state index in [0.717, 1.165) is 17.2 Å². The Morgan fingerprint density at radius 3 is 2.39 bits per heavy atom. The first-order chi connectivity index (χ1) is 13.2. The summed E-state index contributed by atoms with van der Waals surface area (Å²) in [4.78, 5) is 36.7. The molecule has 0 radical (unpaired) electrons. The van der Waals surface area contributed by atoms with Gasteiger partial charge in [-0.05, 0) is 31.5 Å². The zero-order valence-corrected chi connectivity index (χ0v) is 16.3. The number of carbonyl (C=O) groups is 2.